The number of methoxy groups -OCH3 is 1. The molecule has 0 spiro atoms. The monoisotopic (exact) mass is 378 g/mol. The van der Waals surface area contributed by atoms with Crippen molar-refractivity contribution in [1.82, 2.24) is 4.98 Å². The number of anilines is 2. The minimum Gasteiger partial charge on any atom is -0.478 e. The highest BCUT2D eigenvalue weighted by molar-refractivity contribution is 7.18. The van der Waals surface area contributed by atoms with Gasteiger partial charge >= 0.3 is 11.9 Å². The lowest BCUT2D eigenvalue weighted by Crippen LogP contribution is -2.02. The molecule has 2 N–H and O–H groups in total. The third-order valence-electron chi connectivity index (χ3n) is 4.19. The highest BCUT2D eigenvalue weighted by Crippen LogP contribution is 2.35. The van der Waals surface area contributed by atoms with Crippen molar-refractivity contribution in [3.8, 4) is 0 Å². The summed E-state index contributed by atoms with van der Waals surface area (Å²) in [7, 11) is 1.34. The molecular weight excluding hydrogens is 364 g/mol. The number of hydrogen-bond acceptors (Lipinski definition) is 6. The number of aromatic nitrogens is 1. The highest BCUT2D eigenvalue weighted by atomic mass is 32.1. The molecule has 2 heterocycles. The number of ether oxygens (including phenoxy) is 1. The van der Waals surface area contributed by atoms with Crippen molar-refractivity contribution in [2.75, 3.05) is 12.4 Å². The number of carbonyl (C=O) groups is 2. The van der Waals surface area contributed by atoms with Crippen molar-refractivity contribution >= 4 is 55.8 Å². The summed E-state index contributed by atoms with van der Waals surface area (Å²) in [6, 6.07) is 13.8. The molecule has 0 aliphatic heterocycles. The van der Waals surface area contributed by atoms with Gasteiger partial charge in [0.2, 0.25) is 0 Å². The first kappa shape index (κ1) is 17.0. The van der Waals surface area contributed by atoms with Crippen LogP contribution >= 0.6 is 11.3 Å². The van der Waals surface area contributed by atoms with Crippen molar-refractivity contribution < 1.29 is 19.4 Å². The Bertz CT molecular complexity index is 1200. The molecular formula is C20H14N2O4S. The standard InChI is InChI=1S/C20H14N2O4S/c1-26-20(25)12-5-6-14-16(10-12)22-18(15-7-8-27-17(14)15)21-13-4-2-3-11(9-13)19(23)24/h2-10H,1H3,(H,21,22)(H,23,24). The molecule has 6 nitrogen and oxygen atoms in total. The fourth-order valence-electron chi connectivity index (χ4n) is 2.91. The summed E-state index contributed by atoms with van der Waals surface area (Å²) < 4.78 is 5.82. The fourth-order valence-corrected chi connectivity index (χ4v) is 3.84. The van der Waals surface area contributed by atoms with Crippen molar-refractivity contribution in [3.05, 3.63) is 65.0 Å². The van der Waals surface area contributed by atoms with Crippen LogP contribution in [0.2, 0.25) is 0 Å². The molecule has 0 unspecified atom stereocenters. The van der Waals surface area contributed by atoms with Gasteiger partial charge in [-0.1, -0.05) is 12.1 Å². The molecule has 0 aliphatic carbocycles. The lowest BCUT2D eigenvalue weighted by atomic mass is 10.1. The van der Waals surface area contributed by atoms with E-state index in [1.54, 1.807) is 41.7 Å². The predicted molar refractivity (Wildman–Crippen MR) is 105 cm³/mol. The van der Waals surface area contributed by atoms with E-state index in [1.165, 1.54) is 13.2 Å². The van der Waals surface area contributed by atoms with E-state index < -0.39 is 11.9 Å². The molecule has 2 aromatic carbocycles. The number of nitrogens with one attached hydrogen (secondary N) is 1. The third kappa shape index (κ3) is 3.09. The summed E-state index contributed by atoms with van der Waals surface area (Å²) in [6.45, 7) is 0. The van der Waals surface area contributed by atoms with Crippen molar-refractivity contribution in [2.24, 2.45) is 0 Å². The van der Waals surface area contributed by atoms with E-state index in [-0.39, 0.29) is 5.56 Å². The normalized spacial score (nSPS) is 10.9. The SMILES string of the molecule is COC(=O)c1ccc2c(c1)nc(Nc1cccc(C(=O)O)c1)c1ccsc12. The largest absolute Gasteiger partial charge is 0.478 e. The van der Waals surface area contributed by atoms with Crippen LogP contribution in [0.25, 0.3) is 21.0 Å². The zero-order valence-electron chi connectivity index (χ0n) is 14.2. The molecule has 0 saturated carbocycles. The first-order valence-corrected chi connectivity index (χ1v) is 8.94. The lowest BCUT2D eigenvalue weighted by Gasteiger charge is -2.10. The summed E-state index contributed by atoms with van der Waals surface area (Å²) in [4.78, 5) is 27.7. The van der Waals surface area contributed by atoms with E-state index >= 15 is 0 Å². The van der Waals surface area contributed by atoms with E-state index in [0.29, 0.717) is 22.6 Å². The topological polar surface area (TPSA) is 88.5 Å². The van der Waals surface area contributed by atoms with Crippen LogP contribution in [0.5, 0.6) is 0 Å². The number of thiophene rings is 1. The second kappa shape index (κ2) is 6.69. The van der Waals surface area contributed by atoms with Gasteiger partial charge in [0.25, 0.3) is 0 Å². The number of benzene rings is 2. The molecule has 2 aromatic heterocycles. The van der Waals surface area contributed by atoms with Crippen LogP contribution in [0.3, 0.4) is 0 Å². The van der Waals surface area contributed by atoms with Gasteiger partial charge in [-0.05, 0) is 41.8 Å². The van der Waals surface area contributed by atoms with E-state index in [4.69, 9.17) is 4.74 Å². The van der Waals surface area contributed by atoms with Gasteiger partial charge in [-0.15, -0.1) is 11.3 Å². The minimum absolute atomic E-state index is 0.190. The van der Waals surface area contributed by atoms with Crippen LogP contribution in [0.4, 0.5) is 11.5 Å². The van der Waals surface area contributed by atoms with Crippen LogP contribution in [0, 0.1) is 0 Å². The number of rotatable bonds is 4. The van der Waals surface area contributed by atoms with Gasteiger partial charge in [0.15, 0.2) is 0 Å². The van der Waals surface area contributed by atoms with Crippen LogP contribution in [-0.2, 0) is 4.74 Å². The average Bonchev–Trinajstić information content (AvgIpc) is 3.17. The Morgan fingerprint density at radius 3 is 2.70 bits per heavy atom. The number of aromatic carboxylic acids is 1. The third-order valence-corrected chi connectivity index (χ3v) is 5.14. The van der Waals surface area contributed by atoms with E-state index in [9.17, 15) is 14.7 Å². The fraction of sp³-hybridized carbons (Fsp3) is 0.0500. The maximum atomic E-state index is 11.8. The van der Waals surface area contributed by atoms with Gasteiger partial charge in [-0.25, -0.2) is 14.6 Å². The summed E-state index contributed by atoms with van der Waals surface area (Å²) in [5.74, 6) is -0.814. The quantitative estimate of drug-likeness (QED) is 0.501. The number of nitrogens with zero attached hydrogens (tertiary/aromatic N) is 1. The van der Waals surface area contributed by atoms with E-state index in [0.717, 1.165) is 15.5 Å². The Labute approximate surface area is 158 Å². The molecule has 4 rings (SSSR count). The molecule has 27 heavy (non-hydrogen) atoms. The molecule has 7 heteroatoms. The first-order valence-electron chi connectivity index (χ1n) is 8.06. The number of pyridine rings is 1. The Morgan fingerprint density at radius 2 is 1.93 bits per heavy atom. The van der Waals surface area contributed by atoms with Gasteiger partial charge in [0.1, 0.15) is 5.82 Å². The number of carbonyl (C=O) groups excluding carboxylic acids is 1. The Kier molecular flexibility index (Phi) is 4.21. The van der Waals surface area contributed by atoms with Gasteiger partial charge in [-0.2, -0.15) is 0 Å². The van der Waals surface area contributed by atoms with Crippen molar-refractivity contribution in [1.29, 1.82) is 0 Å². The van der Waals surface area contributed by atoms with Gasteiger partial charge in [0.05, 0.1) is 23.8 Å². The van der Waals surface area contributed by atoms with Crippen molar-refractivity contribution in [3.63, 3.8) is 0 Å². The van der Waals surface area contributed by atoms with Gasteiger partial charge in [-0.3, -0.25) is 0 Å². The Hall–Kier alpha value is -3.45. The molecule has 0 radical (unpaired) electrons. The molecule has 0 fully saturated rings. The zero-order chi connectivity index (χ0) is 19.0. The predicted octanol–water partition coefficient (Wildman–Crippen LogP) is 4.68. The summed E-state index contributed by atoms with van der Waals surface area (Å²) in [5, 5.41) is 16.2. The number of carboxylic acid groups (broad SMARTS) is 1. The molecule has 0 aliphatic rings. The maximum absolute atomic E-state index is 11.8. The number of fused-ring (bicyclic) bond motifs is 3. The molecule has 0 amide bonds. The van der Waals surface area contributed by atoms with Crippen LogP contribution in [0.1, 0.15) is 20.7 Å². The molecule has 0 bridgehead atoms. The molecule has 4 aromatic rings. The lowest BCUT2D eigenvalue weighted by molar-refractivity contribution is 0.0600. The van der Waals surface area contributed by atoms with Crippen molar-refractivity contribution in [2.45, 2.75) is 0 Å². The summed E-state index contributed by atoms with van der Waals surface area (Å²) in [6.07, 6.45) is 0. The number of carboxylic acids is 1. The minimum atomic E-state index is -0.992. The average molecular weight is 378 g/mol. The smallest absolute Gasteiger partial charge is 0.337 e. The van der Waals surface area contributed by atoms with E-state index in [2.05, 4.69) is 10.3 Å². The zero-order valence-corrected chi connectivity index (χ0v) is 15.0. The molecule has 0 atom stereocenters. The van der Waals surface area contributed by atoms with E-state index in [1.807, 2.05) is 17.5 Å². The summed E-state index contributed by atoms with van der Waals surface area (Å²) >= 11 is 1.58. The van der Waals surface area contributed by atoms with Crippen LogP contribution in [0.15, 0.2) is 53.9 Å². The second-order valence-electron chi connectivity index (χ2n) is 5.86. The van der Waals surface area contributed by atoms with Gasteiger partial charge < -0.3 is 15.2 Å². The second-order valence-corrected chi connectivity index (χ2v) is 6.77. The molecule has 134 valence electrons. The maximum Gasteiger partial charge on any atom is 0.337 e. The van der Waals surface area contributed by atoms with Crippen LogP contribution < -0.4 is 5.32 Å². The highest BCUT2D eigenvalue weighted by Gasteiger charge is 2.13. The number of esters is 1. The number of hydrogen-bond donors (Lipinski definition) is 2. The van der Waals surface area contributed by atoms with Crippen LogP contribution in [-0.4, -0.2) is 29.1 Å². The first-order chi connectivity index (χ1) is 13.1. The summed E-state index contributed by atoms with van der Waals surface area (Å²) in [5.41, 5.74) is 1.89. The molecule has 0 saturated heterocycles. The Balaban J connectivity index is 1.85. The van der Waals surface area contributed by atoms with Gasteiger partial charge in [0, 0.05) is 21.2 Å². The Morgan fingerprint density at radius 1 is 1.07 bits per heavy atom.